The number of nitrogen functional groups attached to an aromatic ring is 1. The fourth-order valence-corrected chi connectivity index (χ4v) is 2.09. The summed E-state index contributed by atoms with van der Waals surface area (Å²) in [7, 11) is 0. The summed E-state index contributed by atoms with van der Waals surface area (Å²) in [4.78, 5) is 4.23. The molecule has 1 aromatic heterocycles. The van der Waals surface area contributed by atoms with Crippen LogP contribution in [-0.4, -0.2) is 4.98 Å². The highest BCUT2D eigenvalue weighted by Crippen LogP contribution is 2.25. The third-order valence-electron chi connectivity index (χ3n) is 3.17. The van der Waals surface area contributed by atoms with Crippen molar-refractivity contribution in [3.05, 3.63) is 65.9 Å². The van der Waals surface area contributed by atoms with Crippen LogP contribution in [0.1, 0.15) is 5.56 Å². The molecule has 0 aliphatic carbocycles. The lowest BCUT2D eigenvalue weighted by Gasteiger charge is -2.10. The lowest BCUT2D eigenvalue weighted by molar-refractivity contribution is 0.290. The fraction of sp³-hybridized carbons (Fsp3) is 0.0625. The number of para-hydroxylation sites is 1. The number of rotatable bonds is 3. The van der Waals surface area contributed by atoms with Crippen molar-refractivity contribution in [2.45, 2.75) is 6.61 Å². The summed E-state index contributed by atoms with van der Waals surface area (Å²) in [6, 6.07) is 11.2. The molecule has 21 heavy (non-hydrogen) atoms. The molecule has 0 saturated carbocycles. The van der Waals surface area contributed by atoms with Crippen molar-refractivity contribution in [2.24, 2.45) is 0 Å². The van der Waals surface area contributed by atoms with Gasteiger partial charge >= 0.3 is 0 Å². The number of hydrogen-bond donors (Lipinski definition) is 1. The van der Waals surface area contributed by atoms with Crippen LogP contribution in [0.25, 0.3) is 10.9 Å². The Morgan fingerprint density at radius 3 is 2.71 bits per heavy atom. The predicted molar refractivity (Wildman–Crippen MR) is 76.8 cm³/mol. The topological polar surface area (TPSA) is 48.1 Å². The number of hydrogen-bond acceptors (Lipinski definition) is 3. The lowest BCUT2D eigenvalue weighted by atomic mass is 10.1. The van der Waals surface area contributed by atoms with Gasteiger partial charge in [0.05, 0.1) is 11.2 Å². The SMILES string of the molecule is Nc1cc(F)c(OCc2ccnc3ccccc23)cc1F. The molecule has 3 rings (SSSR count). The summed E-state index contributed by atoms with van der Waals surface area (Å²) in [5, 5.41) is 0.913. The average molecular weight is 286 g/mol. The number of benzene rings is 2. The maximum Gasteiger partial charge on any atom is 0.167 e. The maximum absolute atomic E-state index is 13.7. The second-order valence-corrected chi connectivity index (χ2v) is 4.58. The Morgan fingerprint density at radius 2 is 1.86 bits per heavy atom. The minimum atomic E-state index is -0.703. The highest BCUT2D eigenvalue weighted by molar-refractivity contribution is 5.81. The minimum absolute atomic E-state index is 0.114. The van der Waals surface area contributed by atoms with Gasteiger partial charge in [0, 0.05) is 29.3 Å². The molecule has 0 aliphatic heterocycles. The Bertz CT molecular complexity index is 800. The van der Waals surface area contributed by atoms with Crippen LogP contribution in [0.5, 0.6) is 5.75 Å². The summed E-state index contributed by atoms with van der Waals surface area (Å²) >= 11 is 0. The van der Waals surface area contributed by atoms with Gasteiger partial charge < -0.3 is 10.5 Å². The fourth-order valence-electron chi connectivity index (χ4n) is 2.09. The third-order valence-corrected chi connectivity index (χ3v) is 3.17. The normalized spacial score (nSPS) is 10.8. The van der Waals surface area contributed by atoms with Crippen molar-refractivity contribution < 1.29 is 13.5 Å². The number of ether oxygens (including phenoxy) is 1. The zero-order chi connectivity index (χ0) is 14.8. The Morgan fingerprint density at radius 1 is 1.05 bits per heavy atom. The van der Waals surface area contributed by atoms with Crippen LogP contribution in [0.2, 0.25) is 0 Å². The van der Waals surface area contributed by atoms with Crippen molar-refractivity contribution in [2.75, 3.05) is 5.73 Å². The predicted octanol–water partition coefficient (Wildman–Crippen LogP) is 3.67. The Kier molecular flexibility index (Phi) is 3.39. The molecule has 2 N–H and O–H groups in total. The molecule has 3 aromatic rings. The van der Waals surface area contributed by atoms with Gasteiger partial charge in [-0.2, -0.15) is 0 Å². The second-order valence-electron chi connectivity index (χ2n) is 4.58. The maximum atomic E-state index is 13.7. The number of fused-ring (bicyclic) bond motifs is 1. The zero-order valence-corrected chi connectivity index (χ0v) is 11.0. The first-order chi connectivity index (χ1) is 10.1. The second kappa shape index (κ2) is 5.36. The molecule has 106 valence electrons. The van der Waals surface area contributed by atoms with E-state index in [-0.39, 0.29) is 18.0 Å². The number of nitrogens with zero attached hydrogens (tertiary/aromatic N) is 1. The molecule has 0 saturated heterocycles. The van der Waals surface area contributed by atoms with E-state index in [1.807, 2.05) is 24.3 Å². The van der Waals surface area contributed by atoms with E-state index in [9.17, 15) is 8.78 Å². The van der Waals surface area contributed by atoms with Gasteiger partial charge in [0.2, 0.25) is 0 Å². The van der Waals surface area contributed by atoms with Gasteiger partial charge in [-0.1, -0.05) is 18.2 Å². The van der Waals surface area contributed by atoms with Crippen LogP contribution in [0, 0.1) is 11.6 Å². The van der Waals surface area contributed by atoms with Crippen molar-refractivity contribution >= 4 is 16.6 Å². The number of anilines is 1. The minimum Gasteiger partial charge on any atom is -0.486 e. The number of halogens is 2. The molecular formula is C16H12F2N2O. The average Bonchev–Trinajstić information content (AvgIpc) is 2.49. The van der Waals surface area contributed by atoms with E-state index in [1.165, 1.54) is 0 Å². The van der Waals surface area contributed by atoms with Gasteiger partial charge in [-0.05, 0) is 12.1 Å². The van der Waals surface area contributed by atoms with E-state index in [4.69, 9.17) is 10.5 Å². The number of aromatic nitrogens is 1. The van der Waals surface area contributed by atoms with E-state index in [0.29, 0.717) is 0 Å². The summed E-state index contributed by atoms with van der Waals surface area (Å²) in [5.41, 5.74) is 6.72. The monoisotopic (exact) mass is 286 g/mol. The first kappa shape index (κ1) is 13.3. The Balaban J connectivity index is 1.89. The molecule has 1 heterocycles. The highest BCUT2D eigenvalue weighted by Gasteiger charge is 2.10. The van der Waals surface area contributed by atoms with Gasteiger partial charge in [-0.3, -0.25) is 4.98 Å². The molecule has 3 nitrogen and oxygen atoms in total. The molecule has 0 aliphatic rings. The van der Waals surface area contributed by atoms with Gasteiger partial charge in [0.25, 0.3) is 0 Å². The molecular weight excluding hydrogens is 274 g/mol. The smallest absolute Gasteiger partial charge is 0.167 e. The summed E-state index contributed by atoms with van der Waals surface area (Å²) in [6.45, 7) is 0.114. The van der Waals surface area contributed by atoms with Crippen LogP contribution in [0.4, 0.5) is 14.5 Å². The zero-order valence-electron chi connectivity index (χ0n) is 11.0. The van der Waals surface area contributed by atoms with Gasteiger partial charge in [0.15, 0.2) is 11.6 Å². The summed E-state index contributed by atoms with van der Waals surface area (Å²) < 4.78 is 32.4. The van der Waals surface area contributed by atoms with Crippen LogP contribution in [0.3, 0.4) is 0 Å². The first-order valence-electron chi connectivity index (χ1n) is 6.35. The molecule has 0 bridgehead atoms. The van der Waals surface area contributed by atoms with E-state index in [2.05, 4.69) is 4.98 Å². The molecule has 0 amide bonds. The van der Waals surface area contributed by atoms with Crippen molar-refractivity contribution in [3.8, 4) is 5.75 Å². The van der Waals surface area contributed by atoms with Gasteiger partial charge in [-0.15, -0.1) is 0 Å². The molecule has 0 unspecified atom stereocenters. The number of pyridine rings is 1. The van der Waals surface area contributed by atoms with Crippen molar-refractivity contribution in [1.29, 1.82) is 0 Å². The molecule has 0 radical (unpaired) electrons. The molecule has 5 heteroatoms. The summed E-state index contributed by atoms with van der Waals surface area (Å²) in [5.74, 6) is -1.55. The third kappa shape index (κ3) is 2.63. The largest absolute Gasteiger partial charge is 0.486 e. The van der Waals surface area contributed by atoms with Crippen LogP contribution in [-0.2, 0) is 6.61 Å². The van der Waals surface area contributed by atoms with Crippen LogP contribution in [0.15, 0.2) is 48.7 Å². The Labute approximate surface area is 120 Å². The first-order valence-corrected chi connectivity index (χ1v) is 6.35. The molecule has 0 atom stereocenters. The van der Waals surface area contributed by atoms with Gasteiger partial charge in [-0.25, -0.2) is 8.78 Å². The lowest BCUT2D eigenvalue weighted by Crippen LogP contribution is -2.01. The van der Waals surface area contributed by atoms with Crippen LogP contribution < -0.4 is 10.5 Å². The van der Waals surface area contributed by atoms with Crippen LogP contribution >= 0.6 is 0 Å². The highest BCUT2D eigenvalue weighted by atomic mass is 19.1. The van der Waals surface area contributed by atoms with E-state index in [1.54, 1.807) is 12.3 Å². The molecule has 0 fully saturated rings. The Hall–Kier alpha value is -2.69. The summed E-state index contributed by atoms with van der Waals surface area (Å²) in [6.07, 6.45) is 1.65. The standard InChI is InChI=1S/C16H12F2N2O/c17-12-8-16(13(18)7-14(12)19)21-9-10-5-6-20-15-4-2-1-3-11(10)15/h1-8H,9,19H2. The van der Waals surface area contributed by atoms with E-state index >= 15 is 0 Å². The van der Waals surface area contributed by atoms with Crippen molar-refractivity contribution in [3.63, 3.8) is 0 Å². The molecule has 0 spiro atoms. The number of nitrogens with two attached hydrogens (primary N) is 1. The van der Waals surface area contributed by atoms with E-state index in [0.717, 1.165) is 28.6 Å². The van der Waals surface area contributed by atoms with Crippen molar-refractivity contribution in [1.82, 2.24) is 4.98 Å². The van der Waals surface area contributed by atoms with Gasteiger partial charge in [0.1, 0.15) is 12.4 Å². The van der Waals surface area contributed by atoms with E-state index < -0.39 is 11.6 Å². The quantitative estimate of drug-likeness (QED) is 0.747. The molecule has 2 aromatic carbocycles.